The third kappa shape index (κ3) is 4.38. The maximum Gasteiger partial charge on any atom is 0.328 e. The number of amides is 2. The lowest BCUT2D eigenvalue weighted by Gasteiger charge is -2.19. The molecule has 2 rings (SSSR count). The van der Waals surface area contributed by atoms with Gasteiger partial charge >= 0.3 is 5.97 Å². The van der Waals surface area contributed by atoms with Crippen molar-refractivity contribution in [3.05, 3.63) is 28.8 Å². The zero-order chi connectivity index (χ0) is 17.7. The van der Waals surface area contributed by atoms with Gasteiger partial charge in [-0.25, -0.2) is 4.79 Å². The molecule has 130 valence electrons. The summed E-state index contributed by atoms with van der Waals surface area (Å²) in [6.45, 7) is 0. The van der Waals surface area contributed by atoms with Gasteiger partial charge in [0.25, 0.3) is 0 Å². The summed E-state index contributed by atoms with van der Waals surface area (Å²) >= 11 is 6.08. The smallest absolute Gasteiger partial charge is 0.328 e. The number of hydrogen-bond donors (Lipinski definition) is 2. The SMILES string of the molecule is COC(=O)[C@@H](Cc1ccc(OC)c(Cl)c1)NC(=O)[C@@H]1CCC(=O)N1. The maximum absolute atomic E-state index is 12.2. The molecule has 1 aliphatic rings. The molecular weight excluding hydrogens is 336 g/mol. The van der Waals surface area contributed by atoms with Crippen LogP contribution in [0.2, 0.25) is 5.02 Å². The molecule has 2 amide bonds. The molecule has 1 aliphatic heterocycles. The van der Waals surface area contributed by atoms with Crippen LogP contribution in [0, 0.1) is 0 Å². The minimum atomic E-state index is -0.871. The van der Waals surface area contributed by atoms with Gasteiger partial charge in [0.05, 0.1) is 19.2 Å². The average Bonchev–Trinajstić information content (AvgIpc) is 3.00. The minimum absolute atomic E-state index is 0.174. The molecule has 0 saturated carbocycles. The molecule has 0 spiro atoms. The van der Waals surface area contributed by atoms with E-state index in [0.717, 1.165) is 5.56 Å². The van der Waals surface area contributed by atoms with Gasteiger partial charge in [0.15, 0.2) is 0 Å². The highest BCUT2D eigenvalue weighted by molar-refractivity contribution is 6.32. The van der Waals surface area contributed by atoms with E-state index in [0.29, 0.717) is 23.6 Å². The van der Waals surface area contributed by atoms with Crippen LogP contribution >= 0.6 is 11.6 Å². The van der Waals surface area contributed by atoms with Crippen LogP contribution in [0.3, 0.4) is 0 Å². The summed E-state index contributed by atoms with van der Waals surface area (Å²) in [5.74, 6) is -0.630. The Hall–Kier alpha value is -2.28. The van der Waals surface area contributed by atoms with E-state index in [9.17, 15) is 14.4 Å². The number of ether oxygens (including phenoxy) is 2. The van der Waals surface area contributed by atoms with Gasteiger partial charge in [-0.05, 0) is 24.1 Å². The predicted octanol–water partition coefficient (Wildman–Crippen LogP) is 0.827. The van der Waals surface area contributed by atoms with Crippen LogP contribution in [0.4, 0.5) is 0 Å². The van der Waals surface area contributed by atoms with Crippen molar-refractivity contribution < 1.29 is 23.9 Å². The Balaban J connectivity index is 2.08. The second-order valence-corrected chi connectivity index (χ2v) is 5.82. The molecule has 0 aromatic heterocycles. The fraction of sp³-hybridized carbons (Fsp3) is 0.438. The van der Waals surface area contributed by atoms with Crippen LogP contribution < -0.4 is 15.4 Å². The quantitative estimate of drug-likeness (QED) is 0.738. The molecule has 24 heavy (non-hydrogen) atoms. The van der Waals surface area contributed by atoms with E-state index in [4.69, 9.17) is 21.1 Å². The van der Waals surface area contributed by atoms with Gasteiger partial charge < -0.3 is 20.1 Å². The van der Waals surface area contributed by atoms with E-state index in [1.54, 1.807) is 18.2 Å². The number of nitrogens with one attached hydrogen (secondary N) is 2. The summed E-state index contributed by atoms with van der Waals surface area (Å²) in [6.07, 6.45) is 0.921. The first-order valence-electron chi connectivity index (χ1n) is 7.44. The lowest BCUT2D eigenvalue weighted by molar-refractivity contribution is -0.145. The average molecular weight is 355 g/mol. The topological polar surface area (TPSA) is 93.7 Å². The lowest BCUT2D eigenvalue weighted by Crippen LogP contribution is -2.49. The minimum Gasteiger partial charge on any atom is -0.495 e. The molecule has 8 heteroatoms. The molecule has 1 saturated heterocycles. The van der Waals surface area contributed by atoms with Gasteiger partial charge in [0.1, 0.15) is 17.8 Å². The lowest BCUT2D eigenvalue weighted by atomic mass is 10.0. The van der Waals surface area contributed by atoms with E-state index in [1.165, 1.54) is 14.2 Å². The molecule has 0 unspecified atom stereocenters. The number of esters is 1. The zero-order valence-electron chi connectivity index (χ0n) is 13.4. The normalized spacial score (nSPS) is 17.8. The Morgan fingerprint density at radius 2 is 2.17 bits per heavy atom. The fourth-order valence-electron chi connectivity index (χ4n) is 2.49. The summed E-state index contributed by atoms with van der Waals surface area (Å²) in [5.41, 5.74) is 0.743. The van der Waals surface area contributed by atoms with Crippen LogP contribution in [0.15, 0.2) is 18.2 Å². The van der Waals surface area contributed by atoms with Crippen LogP contribution in [-0.2, 0) is 25.5 Å². The predicted molar refractivity (Wildman–Crippen MR) is 86.8 cm³/mol. The largest absolute Gasteiger partial charge is 0.495 e. The molecule has 1 fully saturated rings. The highest BCUT2D eigenvalue weighted by Crippen LogP contribution is 2.25. The summed E-state index contributed by atoms with van der Waals surface area (Å²) in [4.78, 5) is 35.4. The van der Waals surface area contributed by atoms with Crippen molar-refractivity contribution in [3.63, 3.8) is 0 Å². The molecule has 2 atom stereocenters. The molecule has 7 nitrogen and oxygen atoms in total. The van der Waals surface area contributed by atoms with Crippen molar-refractivity contribution in [2.24, 2.45) is 0 Å². The van der Waals surface area contributed by atoms with E-state index >= 15 is 0 Å². The fourth-order valence-corrected chi connectivity index (χ4v) is 2.77. The Morgan fingerprint density at radius 1 is 1.42 bits per heavy atom. The number of carbonyl (C=O) groups excluding carboxylic acids is 3. The van der Waals surface area contributed by atoms with Crippen LogP contribution in [0.5, 0.6) is 5.75 Å². The maximum atomic E-state index is 12.2. The van der Waals surface area contributed by atoms with Crippen molar-refractivity contribution in [3.8, 4) is 5.75 Å². The molecular formula is C16H19ClN2O5. The van der Waals surface area contributed by atoms with Crippen molar-refractivity contribution in [2.75, 3.05) is 14.2 Å². The number of carbonyl (C=O) groups is 3. The van der Waals surface area contributed by atoms with Crippen molar-refractivity contribution in [1.29, 1.82) is 0 Å². The monoisotopic (exact) mass is 354 g/mol. The van der Waals surface area contributed by atoms with Gasteiger partial charge in [-0.3, -0.25) is 9.59 Å². The number of methoxy groups -OCH3 is 2. The van der Waals surface area contributed by atoms with Crippen LogP contribution in [-0.4, -0.2) is 44.1 Å². The number of hydrogen-bond acceptors (Lipinski definition) is 5. The first-order chi connectivity index (χ1) is 11.4. The summed E-state index contributed by atoms with van der Waals surface area (Å²) in [5, 5.41) is 5.60. The van der Waals surface area contributed by atoms with Crippen molar-refractivity contribution in [1.82, 2.24) is 10.6 Å². The highest BCUT2D eigenvalue weighted by atomic mass is 35.5. The van der Waals surface area contributed by atoms with E-state index < -0.39 is 24.0 Å². The first kappa shape index (κ1) is 18.1. The van der Waals surface area contributed by atoms with Gasteiger partial charge in [-0.2, -0.15) is 0 Å². The van der Waals surface area contributed by atoms with Gasteiger partial charge in [0.2, 0.25) is 11.8 Å². The third-order valence-corrected chi connectivity index (χ3v) is 4.07. The Morgan fingerprint density at radius 3 is 2.71 bits per heavy atom. The highest BCUT2D eigenvalue weighted by Gasteiger charge is 2.31. The summed E-state index contributed by atoms with van der Waals surface area (Å²) in [6, 6.07) is 3.61. The molecule has 1 aromatic rings. The van der Waals surface area contributed by atoms with E-state index in [1.807, 2.05) is 0 Å². The molecule has 2 N–H and O–H groups in total. The second kappa shape index (κ2) is 8.01. The Bertz CT molecular complexity index is 649. The van der Waals surface area contributed by atoms with Gasteiger partial charge in [0, 0.05) is 12.8 Å². The molecule has 1 aromatic carbocycles. The van der Waals surface area contributed by atoms with Crippen molar-refractivity contribution in [2.45, 2.75) is 31.3 Å². The zero-order valence-corrected chi connectivity index (χ0v) is 14.2. The van der Waals surface area contributed by atoms with E-state index in [2.05, 4.69) is 10.6 Å². The van der Waals surface area contributed by atoms with Gasteiger partial charge in [-0.15, -0.1) is 0 Å². The Labute approximate surface area is 144 Å². The number of rotatable bonds is 6. The standard InChI is InChI=1S/C16H19ClN2O5/c1-23-13-5-3-9(7-10(13)17)8-12(16(22)24-2)19-15(21)11-4-6-14(20)18-11/h3,5,7,11-12H,4,6,8H2,1-2H3,(H,18,20)(H,19,21)/t11-,12+/m0/s1. The number of benzene rings is 1. The van der Waals surface area contributed by atoms with E-state index in [-0.39, 0.29) is 12.3 Å². The van der Waals surface area contributed by atoms with Gasteiger partial charge in [-0.1, -0.05) is 17.7 Å². The molecule has 0 bridgehead atoms. The molecule has 0 aliphatic carbocycles. The molecule has 0 radical (unpaired) electrons. The first-order valence-corrected chi connectivity index (χ1v) is 7.82. The molecule has 1 heterocycles. The van der Waals surface area contributed by atoms with Crippen molar-refractivity contribution >= 4 is 29.4 Å². The third-order valence-electron chi connectivity index (χ3n) is 3.77. The summed E-state index contributed by atoms with van der Waals surface area (Å²) in [7, 11) is 2.76. The number of halogens is 1. The van der Waals surface area contributed by atoms with Crippen LogP contribution in [0.25, 0.3) is 0 Å². The summed E-state index contributed by atoms with van der Waals surface area (Å²) < 4.78 is 9.83. The van der Waals surface area contributed by atoms with Crippen LogP contribution in [0.1, 0.15) is 18.4 Å². The second-order valence-electron chi connectivity index (χ2n) is 5.42. The Kier molecular flexibility index (Phi) is 6.03.